The molecule has 0 bridgehead atoms. The number of methoxy groups -OCH3 is 1. The maximum atomic E-state index is 14.7. The number of aldehydes is 1. The van der Waals surface area contributed by atoms with E-state index in [4.69, 9.17) is 9.47 Å². The van der Waals surface area contributed by atoms with Gasteiger partial charge in [0.25, 0.3) is 0 Å². The molecular formula is C29H27F4NO4. The van der Waals surface area contributed by atoms with Gasteiger partial charge in [-0.25, -0.2) is 9.18 Å². The lowest BCUT2D eigenvalue weighted by Gasteiger charge is -2.24. The van der Waals surface area contributed by atoms with Gasteiger partial charge in [-0.15, -0.1) is 0 Å². The van der Waals surface area contributed by atoms with Crippen LogP contribution >= 0.6 is 0 Å². The lowest BCUT2D eigenvalue weighted by molar-refractivity contribution is -0.137. The number of cyclic esters (lactones) is 1. The molecule has 1 fully saturated rings. The van der Waals surface area contributed by atoms with Crippen LogP contribution in [0.4, 0.5) is 22.4 Å². The van der Waals surface area contributed by atoms with Crippen molar-refractivity contribution in [3.8, 4) is 16.9 Å². The Labute approximate surface area is 218 Å². The van der Waals surface area contributed by atoms with Crippen molar-refractivity contribution in [2.24, 2.45) is 0 Å². The van der Waals surface area contributed by atoms with Crippen LogP contribution in [-0.4, -0.2) is 30.4 Å². The molecule has 1 aliphatic rings. The SMILES string of the molecule is COc1cc(F)c(C(C)C)cc1-c1ccc(C(F)(F)F)cc1CN1C(=O)O[C@H](c2cccc(C=O)c2)[C@@H]1C. The van der Waals surface area contributed by atoms with Crippen LogP contribution in [0.25, 0.3) is 11.1 Å². The number of carbonyl (C=O) groups is 2. The van der Waals surface area contributed by atoms with E-state index in [9.17, 15) is 27.2 Å². The maximum Gasteiger partial charge on any atom is 0.416 e. The average Bonchev–Trinajstić information content (AvgIpc) is 3.16. The molecule has 4 rings (SSSR count). The zero-order valence-corrected chi connectivity index (χ0v) is 21.3. The first-order chi connectivity index (χ1) is 17.9. The summed E-state index contributed by atoms with van der Waals surface area (Å²) in [5.74, 6) is -0.506. The van der Waals surface area contributed by atoms with Gasteiger partial charge in [-0.3, -0.25) is 9.69 Å². The number of hydrogen-bond donors (Lipinski definition) is 0. The van der Waals surface area contributed by atoms with Gasteiger partial charge in [0.2, 0.25) is 0 Å². The second-order valence-electron chi connectivity index (χ2n) is 9.56. The molecule has 0 N–H and O–H groups in total. The summed E-state index contributed by atoms with van der Waals surface area (Å²) in [4.78, 5) is 25.5. The first-order valence-corrected chi connectivity index (χ1v) is 12.0. The number of rotatable bonds is 7. The fraction of sp³-hybridized carbons (Fsp3) is 0.310. The van der Waals surface area contributed by atoms with Crippen LogP contribution in [0, 0.1) is 5.82 Å². The summed E-state index contributed by atoms with van der Waals surface area (Å²) in [6, 6.07) is 12.1. The summed E-state index contributed by atoms with van der Waals surface area (Å²) < 4.78 is 66.7. The predicted octanol–water partition coefficient (Wildman–Crippen LogP) is 7.54. The zero-order chi connectivity index (χ0) is 27.8. The summed E-state index contributed by atoms with van der Waals surface area (Å²) >= 11 is 0. The largest absolute Gasteiger partial charge is 0.496 e. The van der Waals surface area contributed by atoms with E-state index in [1.807, 2.05) is 13.8 Å². The van der Waals surface area contributed by atoms with E-state index in [2.05, 4.69) is 0 Å². The van der Waals surface area contributed by atoms with Crippen molar-refractivity contribution in [1.29, 1.82) is 0 Å². The minimum absolute atomic E-state index is 0.161. The first-order valence-electron chi connectivity index (χ1n) is 12.0. The van der Waals surface area contributed by atoms with Crippen molar-refractivity contribution in [3.05, 3.63) is 88.2 Å². The monoisotopic (exact) mass is 529 g/mol. The molecule has 1 amide bonds. The summed E-state index contributed by atoms with van der Waals surface area (Å²) in [6.45, 7) is 5.15. The van der Waals surface area contributed by atoms with Crippen LogP contribution in [0.15, 0.2) is 54.6 Å². The zero-order valence-electron chi connectivity index (χ0n) is 21.3. The Bertz CT molecular complexity index is 1370. The highest BCUT2D eigenvalue weighted by Crippen LogP contribution is 2.41. The molecular weight excluding hydrogens is 502 g/mol. The van der Waals surface area contributed by atoms with E-state index in [1.165, 1.54) is 24.1 Å². The molecule has 38 heavy (non-hydrogen) atoms. The van der Waals surface area contributed by atoms with E-state index >= 15 is 0 Å². The van der Waals surface area contributed by atoms with Crippen molar-refractivity contribution in [2.75, 3.05) is 7.11 Å². The van der Waals surface area contributed by atoms with Crippen molar-refractivity contribution in [3.63, 3.8) is 0 Å². The molecule has 9 heteroatoms. The van der Waals surface area contributed by atoms with E-state index in [0.717, 1.165) is 12.1 Å². The Morgan fingerprint density at radius 2 is 1.82 bits per heavy atom. The Balaban J connectivity index is 1.80. The van der Waals surface area contributed by atoms with Gasteiger partial charge in [0.05, 0.1) is 25.3 Å². The molecule has 0 aromatic heterocycles. The lowest BCUT2D eigenvalue weighted by Crippen LogP contribution is -2.31. The number of carbonyl (C=O) groups excluding carboxylic acids is 2. The van der Waals surface area contributed by atoms with Crippen LogP contribution in [0.3, 0.4) is 0 Å². The lowest BCUT2D eigenvalue weighted by atomic mass is 9.92. The third-order valence-corrected chi connectivity index (χ3v) is 6.77. The van der Waals surface area contributed by atoms with Gasteiger partial charge in [0.1, 0.15) is 24.0 Å². The molecule has 0 spiro atoms. The third kappa shape index (κ3) is 5.23. The molecule has 0 radical (unpaired) electrons. The summed E-state index contributed by atoms with van der Waals surface area (Å²) in [5, 5.41) is 0. The fourth-order valence-corrected chi connectivity index (χ4v) is 4.71. The van der Waals surface area contributed by atoms with Gasteiger partial charge in [-0.1, -0.05) is 38.1 Å². The molecule has 0 saturated carbocycles. The maximum absolute atomic E-state index is 14.7. The van der Waals surface area contributed by atoms with Gasteiger partial charge < -0.3 is 9.47 Å². The molecule has 0 aliphatic carbocycles. The number of ether oxygens (including phenoxy) is 2. The van der Waals surface area contributed by atoms with Crippen molar-refractivity contribution >= 4 is 12.4 Å². The fourth-order valence-electron chi connectivity index (χ4n) is 4.71. The Morgan fingerprint density at radius 1 is 1.08 bits per heavy atom. The molecule has 1 aliphatic heterocycles. The predicted molar refractivity (Wildman–Crippen MR) is 134 cm³/mol. The number of benzene rings is 3. The summed E-state index contributed by atoms with van der Waals surface area (Å²) in [6.07, 6.45) is -5.35. The Hall–Kier alpha value is -3.88. The number of hydrogen-bond acceptors (Lipinski definition) is 4. The standard InChI is InChI=1S/C29H27F4NO4/c1-16(2)23-12-24(26(37-4)13-25(23)30)22-9-8-21(29(31,32)33)11-20(22)14-34-17(3)27(38-28(34)36)19-7-5-6-18(10-19)15-35/h5-13,15-17,27H,14H2,1-4H3/t17-,27-/m0/s1. The van der Waals surface area contributed by atoms with Crippen LogP contribution in [-0.2, 0) is 17.5 Å². The Morgan fingerprint density at radius 3 is 2.45 bits per heavy atom. The van der Waals surface area contributed by atoms with Gasteiger partial charge in [-0.2, -0.15) is 13.2 Å². The molecule has 2 atom stereocenters. The minimum atomic E-state index is -4.61. The van der Waals surface area contributed by atoms with E-state index in [1.54, 1.807) is 37.3 Å². The highest BCUT2D eigenvalue weighted by Gasteiger charge is 2.40. The van der Waals surface area contributed by atoms with E-state index in [-0.39, 0.29) is 23.8 Å². The van der Waals surface area contributed by atoms with Gasteiger partial charge in [0.15, 0.2) is 0 Å². The highest BCUT2D eigenvalue weighted by atomic mass is 19.4. The average molecular weight is 530 g/mol. The van der Waals surface area contributed by atoms with Gasteiger partial charge in [-0.05, 0) is 59.4 Å². The number of alkyl halides is 3. The van der Waals surface area contributed by atoms with Crippen LogP contribution in [0.5, 0.6) is 5.75 Å². The summed E-state index contributed by atoms with van der Waals surface area (Å²) in [5.41, 5.74) is 1.51. The third-order valence-electron chi connectivity index (χ3n) is 6.77. The second-order valence-corrected chi connectivity index (χ2v) is 9.56. The molecule has 1 heterocycles. The van der Waals surface area contributed by atoms with Crippen LogP contribution in [0.1, 0.15) is 65.4 Å². The number of nitrogens with zero attached hydrogens (tertiary/aromatic N) is 1. The number of amides is 1. The first kappa shape index (κ1) is 27.2. The van der Waals surface area contributed by atoms with Gasteiger partial charge >= 0.3 is 12.3 Å². The summed E-state index contributed by atoms with van der Waals surface area (Å²) in [7, 11) is 1.36. The molecule has 3 aromatic rings. The van der Waals surface area contributed by atoms with Gasteiger partial charge in [0, 0.05) is 17.2 Å². The topological polar surface area (TPSA) is 55.8 Å². The molecule has 200 valence electrons. The highest BCUT2D eigenvalue weighted by molar-refractivity contribution is 5.77. The van der Waals surface area contributed by atoms with E-state index in [0.29, 0.717) is 34.1 Å². The Kier molecular flexibility index (Phi) is 7.49. The molecule has 3 aromatic carbocycles. The normalized spacial score (nSPS) is 17.6. The quantitative estimate of drug-likeness (QED) is 0.234. The van der Waals surface area contributed by atoms with Crippen LogP contribution in [0.2, 0.25) is 0 Å². The number of halogens is 4. The van der Waals surface area contributed by atoms with E-state index < -0.39 is 35.8 Å². The smallest absolute Gasteiger partial charge is 0.416 e. The van der Waals surface area contributed by atoms with Crippen LogP contribution < -0.4 is 4.74 Å². The van der Waals surface area contributed by atoms with Crippen molar-refractivity contribution in [1.82, 2.24) is 4.90 Å². The minimum Gasteiger partial charge on any atom is -0.496 e. The molecule has 0 unspecified atom stereocenters. The van der Waals surface area contributed by atoms with Crippen molar-refractivity contribution in [2.45, 2.75) is 51.6 Å². The molecule has 1 saturated heterocycles. The molecule has 5 nitrogen and oxygen atoms in total. The van der Waals surface area contributed by atoms with Crippen molar-refractivity contribution < 1.29 is 36.6 Å². The second kappa shape index (κ2) is 10.5.